The summed E-state index contributed by atoms with van der Waals surface area (Å²) in [6, 6.07) is 0. The van der Waals surface area contributed by atoms with Gasteiger partial charge in [0.1, 0.15) is 5.83 Å². The molecule has 0 heterocycles. The van der Waals surface area contributed by atoms with Gasteiger partial charge in [0.25, 0.3) is 0 Å². The van der Waals surface area contributed by atoms with E-state index in [2.05, 4.69) is 0 Å². The Morgan fingerprint density at radius 3 is 2.00 bits per heavy atom. The van der Waals surface area contributed by atoms with Crippen LogP contribution < -0.4 is 0 Å². The van der Waals surface area contributed by atoms with Gasteiger partial charge in [-0.15, -0.1) is 0 Å². The number of hydrogen-bond donors (Lipinski definition) is 1. The lowest BCUT2D eigenvalue weighted by Gasteiger charge is -2.19. The second kappa shape index (κ2) is 3.85. The first-order valence-electron chi connectivity index (χ1n) is 4.03. The van der Waals surface area contributed by atoms with Crippen LogP contribution in [-0.2, 0) is 0 Å². The maximum Gasteiger partial charge on any atom is 0.127 e. The average molecular weight is 172 g/mol. The van der Waals surface area contributed by atoms with Crippen LogP contribution in [0.4, 0.5) is 4.39 Å². The van der Waals surface area contributed by atoms with Crippen molar-refractivity contribution in [1.82, 2.24) is 0 Å². The number of halogens is 1. The molecule has 0 bridgehead atoms. The third kappa shape index (κ3) is 2.78. The van der Waals surface area contributed by atoms with E-state index in [1.807, 2.05) is 0 Å². The molecular formula is C10H17FO. The van der Waals surface area contributed by atoms with Crippen LogP contribution in [0.5, 0.6) is 0 Å². The highest BCUT2D eigenvalue weighted by Gasteiger charge is 2.19. The lowest BCUT2D eigenvalue weighted by Crippen LogP contribution is -2.21. The zero-order valence-electron chi connectivity index (χ0n) is 8.40. The highest BCUT2D eigenvalue weighted by atomic mass is 19.1. The Balaban J connectivity index is 4.96. The molecule has 0 aliphatic carbocycles. The predicted octanol–water partition coefficient (Wildman–Crippen LogP) is 2.97. The molecule has 0 amide bonds. The van der Waals surface area contributed by atoms with Gasteiger partial charge in [-0.3, -0.25) is 0 Å². The van der Waals surface area contributed by atoms with E-state index < -0.39 is 5.60 Å². The van der Waals surface area contributed by atoms with Gasteiger partial charge in [0.2, 0.25) is 0 Å². The van der Waals surface area contributed by atoms with E-state index in [4.69, 9.17) is 0 Å². The summed E-state index contributed by atoms with van der Waals surface area (Å²) in [7, 11) is 0. The van der Waals surface area contributed by atoms with Crippen molar-refractivity contribution < 1.29 is 9.50 Å². The molecule has 0 aliphatic heterocycles. The summed E-state index contributed by atoms with van der Waals surface area (Å²) >= 11 is 0. The molecule has 0 fully saturated rings. The van der Waals surface area contributed by atoms with Gasteiger partial charge >= 0.3 is 0 Å². The van der Waals surface area contributed by atoms with Crippen LogP contribution in [-0.4, -0.2) is 10.7 Å². The second-order valence-electron chi connectivity index (χ2n) is 3.47. The van der Waals surface area contributed by atoms with E-state index in [-0.39, 0.29) is 5.83 Å². The van der Waals surface area contributed by atoms with Gasteiger partial charge in [-0.25, -0.2) is 4.39 Å². The normalized spacial score (nSPS) is 16.1. The van der Waals surface area contributed by atoms with Crippen LogP contribution in [0.25, 0.3) is 0 Å². The second-order valence-corrected chi connectivity index (χ2v) is 3.47. The molecule has 0 unspecified atom stereocenters. The molecule has 0 aromatic carbocycles. The van der Waals surface area contributed by atoms with Crippen LogP contribution in [0.15, 0.2) is 23.0 Å². The van der Waals surface area contributed by atoms with Gasteiger partial charge in [0.15, 0.2) is 0 Å². The van der Waals surface area contributed by atoms with E-state index in [9.17, 15) is 9.50 Å². The molecule has 1 N–H and O–H groups in total. The van der Waals surface area contributed by atoms with E-state index in [1.54, 1.807) is 40.7 Å². The number of hydrogen-bond acceptors (Lipinski definition) is 1. The van der Waals surface area contributed by atoms with Crippen molar-refractivity contribution in [3.8, 4) is 0 Å². The van der Waals surface area contributed by atoms with E-state index >= 15 is 0 Å². The average Bonchev–Trinajstić information content (AvgIpc) is 1.98. The van der Waals surface area contributed by atoms with Crippen molar-refractivity contribution in [2.75, 3.05) is 0 Å². The van der Waals surface area contributed by atoms with Gasteiger partial charge in [0, 0.05) is 0 Å². The minimum Gasteiger partial charge on any atom is -0.386 e. The Morgan fingerprint density at radius 2 is 1.75 bits per heavy atom. The first-order valence-corrected chi connectivity index (χ1v) is 4.03. The summed E-state index contributed by atoms with van der Waals surface area (Å²) in [5, 5.41) is 9.48. The fraction of sp³-hybridized carbons (Fsp3) is 0.600. The van der Waals surface area contributed by atoms with Gasteiger partial charge in [-0.05, 0) is 45.8 Å². The van der Waals surface area contributed by atoms with Crippen molar-refractivity contribution in [2.45, 2.75) is 40.2 Å². The number of aliphatic hydroxyl groups is 1. The zero-order chi connectivity index (χ0) is 9.94. The van der Waals surface area contributed by atoms with Crippen molar-refractivity contribution in [3.63, 3.8) is 0 Å². The van der Waals surface area contributed by atoms with Crippen LogP contribution in [0.1, 0.15) is 34.6 Å². The fourth-order valence-electron chi connectivity index (χ4n) is 0.691. The molecular weight excluding hydrogens is 155 g/mol. The Bertz CT molecular complexity index is 218. The molecule has 0 saturated carbocycles. The van der Waals surface area contributed by atoms with Crippen molar-refractivity contribution in [1.29, 1.82) is 0 Å². The molecule has 1 nitrogen and oxygen atoms in total. The minimum absolute atomic E-state index is 0.315. The number of allylic oxidation sites excluding steroid dienone is 3. The van der Waals surface area contributed by atoms with Gasteiger partial charge < -0.3 is 5.11 Å². The third-order valence-corrected chi connectivity index (χ3v) is 2.03. The van der Waals surface area contributed by atoms with Crippen LogP contribution >= 0.6 is 0 Å². The highest BCUT2D eigenvalue weighted by molar-refractivity contribution is 5.30. The number of rotatable bonds is 2. The topological polar surface area (TPSA) is 20.2 Å². The zero-order valence-corrected chi connectivity index (χ0v) is 8.40. The Kier molecular flexibility index (Phi) is 3.65. The van der Waals surface area contributed by atoms with Gasteiger partial charge in [-0.2, -0.15) is 0 Å². The van der Waals surface area contributed by atoms with E-state index in [0.29, 0.717) is 11.1 Å². The monoisotopic (exact) mass is 172 g/mol. The molecule has 0 aromatic rings. The lowest BCUT2D eigenvalue weighted by molar-refractivity contribution is 0.117. The van der Waals surface area contributed by atoms with E-state index in [0.717, 1.165) is 0 Å². The van der Waals surface area contributed by atoms with Gasteiger partial charge in [0.05, 0.1) is 5.60 Å². The molecule has 0 spiro atoms. The molecule has 0 radical (unpaired) electrons. The molecule has 12 heavy (non-hydrogen) atoms. The summed E-state index contributed by atoms with van der Waals surface area (Å²) in [5.74, 6) is -0.315. The quantitative estimate of drug-likeness (QED) is 0.635. The maximum atomic E-state index is 13.3. The third-order valence-electron chi connectivity index (χ3n) is 2.03. The highest BCUT2D eigenvalue weighted by Crippen LogP contribution is 2.24. The van der Waals surface area contributed by atoms with Crippen LogP contribution in [0, 0.1) is 0 Å². The summed E-state index contributed by atoms with van der Waals surface area (Å²) < 4.78 is 13.3. The molecule has 0 saturated heterocycles. The molecule has 0 atom stereocenters. The molecule has 70 valence electrons. The molecule has 0 aromatic heterocycles. The van der Waals surface area contributed by atoms with Gasteiger partial charge in [-0.1, -0.05) is 6.08 Å². The van der Waals surface area contributed by atoms with Crippen LogP contribution in [0.3, 0.4) is 0 Å². The Morgan fingerprint density at radius 1 is 1.33 bits per heavy atom. The van der Waals surface area contributed by atoms with Crippen molar-refractivity contribution in [3.05, 3.63) is 23.0 Å². The molecule has 0 rings (SSSR count). The predicted molar refractivity (Wildman–Crippen MR) is 49.5 cm³/mol. The summed E-state index contributed by atoms with van der Waals surface area (Å²) in [5.41, 5.74) is -0.137. The fourth-order valence-corrected chi connectivity index (χ4v) is 0.691. The first kappa shape index (κ1) is 11.4. The molecule has 0 aliphatic rings. The Labute approximate surface area is 73.6 Å². The SMILES string of the molecule is C/C=C(C)\C(F)=C(/C)C(C)(C)O. The van der Waals surface area contributed by atoms with E-state index in [1.165, 1.54) is 0 Å². The standard InChI is InChI=1S/C10H17FO/c1-6-7(2)9(11)8(3)10(4,5)12/h6,12H,1-5H3/b7-6-,9-8-. The summed E-state index contributed by atoms with van der Waals surface area (Å²) in [6.07, 6.45) is 1.69. The summed E-state index contributed by atoms with van der Waals surface area (Å²) in [6.45, 7) is 8.20. The van der Waals surface area contributed by atoms with Crippen molar-refractivity contribution in [2.24, 2.45) is 0 Å². The maximum absolute atomic E-state index is 13.3. The lowest BCUT2D eigenvalue weighted by atomic mass is 9.97. The summed E-state index contributed by atoms with van der Waals surface area (Å²) in [4.78, 5) is 0. The smallest absolute Gasteiger partial charge is 0.127 e. The Hall–Kier alpha value is -0.630. The minimum atomic E-state index is -1.08. The largest absolute Gasteiger partial charge is 0.386 e. The van der Waals surface area contributed by atoms with Crippen molar-refractivity contribution >= 4 is 0 Å². The van der Waals surface area contributed by atoms with Crippen LogP contribution in [0.2, 0.25) is 0 Å². The molecule has 2 heteroatoms. The first-order chi connectivity index (χ1) is 5.30.